The summed E-state index contributed by atoms with van der Waals surface area (Å²) >= 11 is 0. The molecule has 0 saturated carbocycles. The first-order chi connectivity index (χ1) is 10.1. The Balaban J connectivity index is 0.00000176. The maximum Gasteiger partial charge on any atom is 0.270 e. The summed E-state index contributed by atoms with van der Waals surface area (Å²) in [6, 6.07) is 4.40. The summed E-state index contributed by atoms with van der Waals surface area (Å²) < 4.78 is 0. The number of nitro groups is 1. The standard InChI is InChI=1S/C13H15N5O3.ClH/c19-13(8-3-5-14-6-4-8)15-12-10-7-9(18(20)21)1-2-11(10)16-17-12;/h1-2,7-8,14H,3-6H2,(H2,15,16,17,19);1H. The maximum absolute atomic E-state index is 12.2. The number of anilines is 1. The molecule has 1 saturated heterocycles. The molecule has 8 nitrogen and oxygen atoms in total. The molecule has 1 amide bonds. The molecule has 0 spiro atoms. The van der Waals surface area contributed by atoms with Gasteiger partial charge in [-0.1, -0.05) is 0 Å². The van der Waals surface area contributed by atoms with Crippen LogP contribution in [0.5, 0.6) is 0 Å². The molecule has 22 heavy (non-hydrogen) atoms. The lowest BCUT2D eigenvalue weighted by Crippen LogP contribution is -2.34. The fourth-order valence-corrected chi connectivity index (χ4v) is 2.51. The highest BCUT2D eigenvalue weighted by atomic mass is 35.5. The van der Waals surface area contributed by atoms with Crippen LogP contribution in [0, 0.1) is 16.0 Å². The fourth-order valence-electron chi connectivity index (χ4n) is 2.51. The number of H-pyrrole nitrogens is 1. The van der Waals surface area contributed by atoms with E-state index >= 15 is 0 Å². The van der Waals surface area contributed by atoms with Crippen molar-refractivity contribution in [3.05, 3.63) is 28.3 Å². The monoisotopic (exact) mass is 325 g/mol. The van der Waals surface area contributed by atoms with Crippen LogP contribution in [0.3, 0.4) is 0 Å². The van der Waals surface area contributed by atoms with Crippen LogP contribution in [0.1, 0.15) is 12.8 Å². The van der Waals surface area contributed by atoms with Crippen molar-refractivity contribution in [3.8, 4) is 0 Å². The molecule has 3 N–H and O–H groups in total. The van der Waals surface area contributed by atoms with Crippen LogP contribution in [0.4, 0.5) is 11.5 Å². The summed E-state index contributed by atoms with van der Waals surface area (Å²) in [7, 11) is 0. The van der Waals surface area contributed by atoms with Crippen molar-refractivity contribution in [2.45, 2.75) is 12.8 Å². The van der Waals surface area contributed by atoms with Gasteiger partial charge in [-0.25, -0.2) is 0 Å². The first-order valence-corrected chi connectivity index (χ1v) is 6.79. The quantitative estimate of drug-likeness (QED) is 0.588. The number of carbonyl (C=O) groups is 1. The number of aromatic amines is 1. The number of halogens is 1. The summed E-state index contributed by atoms with van der Waals surface area (Å²) in [6.07, 6.45) is 1.57. The van der Waals surface area contributed by atoms with Gasteiger partial charge in [0, 0.05) is 18.1 Å². The minimum absolute atomic E-state index is 0. The van der Waals surface area contributed by atoms with Crippen LogP contribution in [0.2, 0.25) is 0 Å². The van der Waals surface area contributed by atoms with E-state index in [0.29, 0.717) is 16.7 Å². The van der Waals surface area contributed by atoms with Gasteiger partial charge in [0.1, 0.15) is 0 Å². The van der Waals surface area contributed by atoms with Gasteiger partial charge in [-0.15, -0.1) is 12.4 Å². The SMILES string of the molecule is Cl.O=C(Nc1n[nH]c2ccc([N+](=O)[O-])cc12)C1CCNCC1. The molecule has 1 aromatic carbocycles. The minimum Gasteiger partial charge on any atom is -0.317 e. The Morgan fingerprint density at radius 3 is 2.77 bits per heavy atom. The number of benzene rings is 1. The number of nitro benzene ring substituents is 1. The summed E-state index contributed by atoms with van der Waals surface area (Å²) in [5.41, 5.74) is 0.627. The van der Waals surface area contributed by atoms with Gasteiger partial charge in [0.15, 0.2) is 5.82 Å². The molecular formula is C13H16ClN5O3. The average molecular weight is 326 g/mol. The summed E-state index contributed by atoms with van der Waals surface area (Å²) in [6.45, 7) is 1.65. The number of hydrogen-bond acceptors (Lipinski definition) is 5. The second-order valence-electron chi connectivity index (χ2n) is 5.07. The molecular weight excluding hydrogens is 310 g/mol. The molecule has 1 fully saturated rings. The number of non-ortho nitro benzene ring substituents is 1. The molecule has 1 aromatic heterocycles. The molecule has 2 heterocycles. The molecule has 2 aromatic rings. The summed E-state index contributed by atoms with van der Waals surface area (Å²) in [4.78, 5) is 22.6. The number of aromatic nitrogens is 2. The van der Waals surface area contributed by atoms with Gasteiger partial charge in [-0.3, -0.25) is 20.0 Å². The molecule has 0 atom stereocenters. The predicted octanol–water partition coefficient (Wildman–Crippen LogP) is 1.83. The number of nitrogens with zero attached hydrogens (tertiary/aromatic N) is 2. The first kappa shape index (κ1) is 16.2. The highest BCUT2D eigenvalue weighted by molar-refractivity contribution is 6.01. The lowest BCUT2D eigenvalue weighted by molar-refractivity contribution is -0.384. The van der Waals surface area contributed by atoms with E-state index in [1.807, 2.05) is 0 Å². The van der Waals surface area contributed by atoms with Crippen molar-refractivity contribution >= 4 is 40.7 Å². The van der Waals surface area contributed by atoms with Crippen molar-refractivity contribution in [2.75, 3.05) is 18.4 Å². The largest absolute Gasteiger partial charge is 0.317 e. The van der Waals surface area contributed by atoms with E-state index in [-0.39, 0.29) is 29.9 Å². The molecule has 118 valence electrons. The van der Waals surface area contributed by atoms with Crippen LogP contribution in [0.25, 0.3) is 10.9 Å². The zero-order valence-electron chi connectivity index (χ0n) is 11.7. The zero-order valence-corrected chi connectivity index (χ0v) is 12.5. The molecule has 9 heteroatoms. The molecule has 3 rings (SSSR count). The number of nitrogens with one attached hydrogen (secondary N) is 3. The van der Waals surface area contributed by atoms with Gasteiger partial charge in [0.2, 0.25) is 5.91 Å². The number of amides is 1. The van der Waals surface area contributed by atoms with E-state index < -0.39 is 4.92 Å². The Bertz CT molecular complexity index is 696. The van der Waals surface area contributed by atoms with Gasteiger partial charge in [0.25, 0.3) is 5.69 Å². The van der Waals surface area contributed by atoms with Gasteiger partial charge in [-0.05, 0) is 32.0 Å². The predicted molar refractivity (Wildman–Crippen MR) is 84.2 cm³/mol. The summed E-state index contributed by atoms with van der Waals surface area (Å²) in [5, 5.41) is 24.1. The van der Waals surface area contributed by atoms with Crippen molar-refractivity contribution in [1.82, 2.24) is 15.5 Å². The Morgan fingerprint density at radius 1 is 1.36 bits per heavy atom. The molecule has 0 bridgehead atoms. The number of fused-ring (bicyclic) bond motifs is 1. The highest BCUT2D eigenvalue weighted by Crippen LogP contribution is 2.26. The zero-order chi connectivity index (χ0) is 14.8. The molecule has 1 aliphatic rings. The normalized spacial score (nSPS) is 15.3. The van der Waals surface area contributed by atoms with Crippen LogP contribution in [-0.4, -0.2) is 34.1 Å². The summed E-state index contributed by atoms with van der Waals surface area (Å²) in [5.74, 6) is 0.213. The Hall–Kier alpha value is -2.19. The van der Waals surface area contributed by atoms with Crippen molar-refractivity contribution in [2.24, 2.45) is 5.92 Å². The van der Waals surface area contributed by atoms with Crippen LogP contribution in [0.15, 0.2) is 18.2 Å². The van der Waals surface area contributed by atoms with Gasteiger partial charge >= 0.3 is 0 Å². The van der Waals surface area contributed by atoms with Crippen LogP contribution in [-0.2, 0) is 4.79 Å². The Morgan fingerprint density at radius 2 is 2.09 bits per heavy atom. The smallest absolute Gasteiger partial charge is 0.270 e. The lowest BCUT2D eigenvalue weighted by Gasteiger charge is -2.21. The van der Waals surface area contributed by atoms with E-state index in [1.165, 1.54) is 12.1 Å². The van der Waals surface area contributed by atoms with Crippen molar-refractivity contribution in [3.63, 3.8) is 0 Å². The van der Waals surface area contributed by atoms with E-state index in [0.717, 1.165) is 25.9 Å². The number of piperidine rings is 1. The first-order valence-electron chi connectivity index (χ1n) is 6.79. The third-order valence-corrected chi connectivity index (χ3v) is 3.71. The van der Waals surface area contributed by atoms with Crippen LogP contribution >= 0.6 is 12.4 Å². The third kappa shape index (κ3) is 3.18. The Labute approximate surface area is 132 Å². The highest BCUT2D eigenvalue weighted by Gasteiger charge is 2.22. The Kier molecular flexibility index (Phi) is 4.94. The topological polar surface area (TPSA) is 113 Å². The van der Waals surface area contributed by atoms with Gasteiger partial charge < -0.3 is 10.6 Å². The number of carbonyl (C=O) groups excluding carboxylic acids is 1. The second-order valence-corrected chi connectivity index (χ2v) is 5.07. The van der Waals surface area contributed by atoms with Gasteiger partial charge in [-0.2, -0.15) is 5.10 Å². The van der Waals surface area contributed by atoms with E-state index in [4.69, 9.17) is 0 Å². The van der Waals surface area contributed by atoms with E-state index in [1.54, 1.807) is 6.07 Å². The third-order valence-electron chi connectivity index (χ3n) is 3.71. The molecule has 0 radical (unpaired) electrons. The lowest BCUT2D eigenvalue weighted by atomic mass is 9.97. The maximum atomic E-state index is 12.2. The fraction of sp³-hybridized carbons (Fsp3) is 0.385. The molecule has 0 aliphatic carbocycles. The average Bonchev–Trinajstić information content (AvgIpc) is 2.90. The molecule has 1 aliphatic heterocycles. The minimum atomic E-state index is -0.467. The second kappa shape index (κ2) is 6.71. The van der Waals surface area contributed by atoms with Crippen LogP contribution < -0.4 is 10.6 Å². The number of hydrogen-bond donors (Lipinski definition) is 3. The number of rotatable bonds is 3. The molecule has 0 unspecified atom stereocenters. The van der Waals surface area contributed by atoms with Crippen molar-refractivity contribution in [1.29, 1.82) is 0 Å². The van der Waals surface area contributed by atoms with E-state index in [9.17, 15) is 14.9 Å². The van der Waals surface area contributed by atoms with Gasteiger partial charge in [0.05, 0.1) is 15.8 Å². The van der Waals surface area contributed by atoms with E-state index in [2.05, 4.69) is 20.8 Å². The van der Waals surface area contributed by atoms with Crippen molar-refractivity contribution < 1.29 is 9.72 Å².